The molecule has 0 saturated heterocycles. The van der Waals surface area contributed by atoms with Gasteiger partial charge in [-0.15, -0.1) is 0 Å². The number of hydrogen-bond acceptors (Lipinski definition) is 4. The zero-order chi connectivity index (χ0) is 12.3. The highest BCUT2D eigenvalue weighted by Crippen LogP contribution is 2.30. The van der Waals surface area contributed by atoms with Gasteiger partial charge in [0.05, 0.1) is 7.11 Å². The van der Waals surface area contributed by atoms with E-state index in [1.807, 2.05) is 0 Å². The largest absolute Gasteiger partial charge is 0.496 e. The fraction of sp³-hybridized carbons (Fsp3) is 0.273. The van der Waals surface area contributed by atoms with Gasteiger partial charge in [0.15, 0.2) is 5.60 Å². The molecule has 16 heavy (non-hydrogen) atoms. The second kappa shape index (κ2) is 4.32. The summed E-state index contributed by atoms with van der Waals surface area (Å²) in [6.07, 6.45) is 0.613. The summed E-state index contributed by atoms with van der Waals surface area (Å²) in [6, 6.07) is 4.15. The molecule has 0 aliphatic carbocycles. The SMILES string of the molecule is COc1cc(C=O)ccc1C(C)(O)C(=O)O. The molecule has 0 fully saturated rings. The van der Waals surface area contributed by atoms with Crippen LogP contribution in [0.5, 0.6) is 5.75 Å². The molecule has 1 rings (SSSR count). The maximum absolute atomic E-state index is 10.9. The van der Waals surface area contributed by atoms with E-state index in [-0.39, 0.29) is 11.3 Å². The number of aldehydes is 1. The molecular formula is C11H12O5. The van der Waals surface area contributed by atoms with Crippen LogP contribution in [0.15, 0.2) is 18.2 Å². The highest BCUT2D eigenvalue weighted by Gasteiger charge is 2.35. The summed E-state index contributed by atoms with van der Waals surface area (Å²) < 4.78 is 4.94. The molecule has 0 spiro atoms. The first-order valence-corrected chi connectivity index (χ1v) is 4.53. The number of aliphatic hydroxyl groups is 1. The average Bonchev–Trinajstić information content (AvgIpc) is 2.27. The summed E-state index contributed by atoms with van der Waals surface area (Å²) in [5.41, 5.74) is -1.60. The molecule has 0 heterocycles. The maximum Gasteiger partial charge on any atom is 0.340 e. The van der Waals surface area contributed by atoms with E-state index in [9.17, 15) is 14.7 Å². The lowest BCUT2D eigenvalue weighted by Gasteiger charge is -2.21. The Morgan fingerprint density at radius 2 is 2.12 bits per heavy atom. The third kappa shape index (κ3) is 2.04. The van der Waals surface area contributed by atoms with E-state index in [1.165, 1.54) is 25.3 Å². The van der Waals surface area contributed by atoms with Gasteiger partial charge in [-0.3, -0.25) is 4.79 Å². The second-order valence-electron chi connectivity index (χ2n) is 3.45. The Labute approximate surface area is 92.3 Å². The molecule has 86 valence electrons. The predicted octanol–water partition coefficient (Wildman–Crippen LogP) is 0.800. The number of aliphatic carboxylic acids is 1. The van der Waals surface area contributed by atoms with Crippen molar-refractivity contribution in [2.24, 2.45) is 0 Å². The predicted molar refractivity (Wildman–Crippen MR) is 55.6 cm³/mol. The van der Waals surface area contributed by atoms with Crippen molar-refractivity contribution in [3.8, 4) is 5.75 Å². The molecule has 0 aliphatic rings. The van der Waals surface area contributed by atoms with E-state index in [0.29, 0.717) is 11.8 Å². The van der Waals surface area contributed by atoms with Crippen molar-refractivity contribution in [3.05, 3.63) is 29.3 Å². The van der Waals surface area contributed by atoms with Gasteiger partial charge in [0, 0.05) is 11.1 Å². The molecule has 0 aliphatic heterocycles. The van der Waals surface area contributed by atoms with Crippen molar-refractivity contribution in [2.75, 3.05) is 7.11 Å². The van der Waals surface area contributed by atoms with Crippen LogP contribution in [0.1, 0.15) is 22.8 Å². The van der Waals surface area contributed by atoms with Gasteiger partial charge in [-0.2, -0.15) is 0 Å². The summed E-state index contributed by atoms with van der Waals surface area (Å²) in [5.74, 6) is -1.22. The molecule has 1 atom stereocenters. The number of methoxy groups -OCH3 is 1. The number of hydrogen-bond donors (Lipinski definition) is 2. The molecule has 1 aromatic carbocycles. The molecule has 2 N–H and O–H groups in total. The Balaban J connectivity index is 3.34. The molecule has 1 aromatic rings. The van der Waals surface area contributed by atoms with Crippen molar-refractivity contribution in [1.29, 1.82) is 0 Å². The van der Waals surface area contributed by atoms with Gasteiger partial charge in [0.2, 0.25) is 0 Å². The third-order valence-electron chi connectivity index (χ3n) is 2.30. The summed E-state index contributed by atoms with van der Waals surface area (Å²) in [4.78, 5) is 21.4. The Hall–Kier alpha value is -1.88. The van der Waals surface area contributed by atoms with E-state index in [4.69, 9.17) is 9.84 Å². The zero-order valence-corrected chi connectivity index (χ0v) is 8.93. The smallest absolute Gasteiger partial charge is 0.340 e. The van der Waals surface area contributed by atoms with Crippen LogP contribution in [0, 0.1) is 0 Å². The lowest BCUT2D eigenvalue weighted by Crippen LogP contribution is -2.32. The molecule has 5 heteroatoms. The van der Waals surface area contributed by atoms with Crippen molar-refractivity contribution in [1.82, 2.24) is 0 Å². The lowest BCUT2D eigenvalue weighted by atomic mass is 9.94. The van der Waals surface area contributed by atoms with E-state index >= 15 is 0 Å². The quantitative estimate of drug-likeness (QED) is 0.739. The first-order chi connectivity index (χ1) is 7.43. The van der Waals surface area contributed by atoms with E-state index in [2.05, 4.69) is 0 Å². The standard InChI is InChI=1S/C11H12O5/c1-11(15,10(13)14)8-4-3-7(6-12)5-9(8)16-2/h3-6,15H,1-2H3,(H,13,14). The number of benzene rings is 1. The fourth-order valence-corrected chi connectivity index (χ4v) is 1.30. The van der Waals surface area contributed by atoms with Gasteiger partial charge < -0.3 is 14.9 Å². The second-order valence-corrected chi connectivity index (χ2v) is 3.45. The number of carbonyl (C=O) groups excluding carboxylic acids is 1. The molecular weight excluding hydrogens is 212 g/mol. The zero-order valence-electron chi connectivity index (χ0n) is 8.93. The summed E-state index contributed by atoms with van der Waals surface area (Å²) in [5, 5.41) is 18.6. The fourth-order valence-electron chi connectivity index (χ4n) is 1.30. The van der Waals surface area contributed by atoms with Gasteiger partial charge in [0.25, 0.3) is 0 Å². The number of rotatable bonds is 4. The minimum atomic E-state index is -2.05. The third-order valence-corrected chi connectivity index (χ3v) is 2.30. The van der Waals surface area contributed by atoms with Crippen LogP contribution in [-0.2, 0) is 10.4 Å². The van der Waals surface area contributed by atoms with E-state index in [0.717, 1.165) is 6.92 Å². The highest BCUT2D eigenvalue weighted by molar-refractivity contribution is 5.81. The number of carboxylic acid groups (broad SMARTS) is 1. The monoisotopic (exact) mass is 224 g/mol. The van der Waals surface area contributed by atoms with Gasteiger partial charge in [0.1, 0.15) is 12.0 Å². The van der Waals surface area contributed by atoms with Crippen molar-refractivity contribution >= 4 is 12.3 Å². The summed E-state index contributed by atoms with van der Waals surface area (Å²) >= 11 is 0. The molecule has 0 aromatic heterocycles. The van der Waals surface area contributed by atoms with Gasteiger partial charge in [-0.05, 0) is 13.0 Å². The number of carbonyl (C=O) groups is 2. The Morgan fingerprint density at radius 3 is 2.56 bits per heavy atom. The van der Waals surface area contributed by atoms with Crippen molar-refractivity contribution in [2.45, 2.75) is 12.5 Å². The van der Waals surface area contributed by atoms with E-state index in [1.54, 1.807) is 0 Å². The molecule has 0 amide bonds. The molecule has 1 unspecified atom stereocenters. The minimum absolute atomic E-state index is 0.105. The Bertz CT molecular complexity index is 422. The topological polar surface area (TPSA) is 83.8 Å². The molecule has 0 bridgehead atoms. The molecule has 0 radical (unpaired) electrons. The van der Waals surface area contributed by atoms with Crippen molar-refractivity contribution in [3.63, 3.8) is 0 Å². The van der Waals surface area contributed by atoms with Crippen LogP contribution < -0.4 is 4.74 Å². The lowest BCUT2D eigenvalue weighted by molar-refractivity contribution is -0.157. The maximum atomic E-state index is 10.9. The number of ether oxygens (including phenoxy) is 1. The van der Waals surface area contributed by atoms with Crippen LogP contribution in [0.3, 0.4) is 0 Å². The minimum Gasteiger partial charge on any atom is -0.496 e. The van der Waals surface area contributed by atoms with Gasteiger partial charge >= 0.3 is 5.97 Å². The van der Waals surface area contributed by atoms with Crippen molar-refractivity contribution < 1.29 is 24.5 Å². The average molecular weight is 224 g/mol. The first kappa shape index (κ1) is 12.2. The highest BCUT2D eigenvalue weighted by atomic mass is 16.5. The summed E-state index contributed by atoms with van der Waals surface area (Å²) in [7, 11) is 1.34. The van der Waals surface area contributed by atoms with Gasteiger partial charge in [-0.1, -0.05) is 12.1 Å². The van der Waals surface area contributed by atoms with E-state index < -0.39 is 11.6 Å². The van der Waals surface area contributed by atoms with Crippen LogP contribution in [0.2, 0.25) is 0 Å². The first-order valence-electron chi connectivity index (χ1n) is 4.53. The van der Waals surface area contributed by atoms with Crippen LogP contribution >= 0.6 is 0 Å². The molecule has 0 saturated carbocycles. The Kier molecular flexibility index (Phi) is 3.29. The number of carboxylic acids is 1. The van der Waals surface area contributed by atoms with Crippen LogP contribution in [0.4, 0.5) is 0 Å². The normalized spacial score (nSPS) is 13.9. The van der Waals surface area contributed by atoms with Crippen LogP contribution in [-0.4, -0.2) is 29.6 Å². The Morgan fingerprint density at radius 1 is 1.50 bits per heavy atom. The summed E-state index contributed by atoms with van der Waals surface area (Å²) in [6.45, 7) is 1.15. The molecule has 5 nitrogen and oxygen atoms in total. The van der Waals surface area contributed by atoms with Gasteiger partial charge in [-0.25, -0.2) is 4.79 Å². The van der Waals surface area contributed by atoms with Crippen LogP contribution in [0.25, 0.3) is 0 Å².